The monoisotopic (exact) mass is 357 g/mol. The third-order valence-corrected chi connectivity index (χ3v) is 5.03. The van der Waals surface area contributed by atoms with E-state index < -0.39 is 5.54 Å². The summed E-state index contributed by atoms with van der Waals surface area (Å²) in [5.41, 5.74) is -0.863. The lowest BCUT2D eigenvalue weighted by atomic mass is 9.90. The fraction of sp³-hybridized carbons (Fsp3) is 0.579. The molecule has 7 heteroatoms. The molecule has 0 radical (unpaired) electrons. The molecule has 0 aromatic carbocycles. The van der Waals surface area contributed by atoms with Crippen molar-refractivity contribution < 1.29 is 9.59 Å². The fourth-order valence-electron chi connectivity index (χ4n) is 2.85. The van der Waals surface area contributed by atoms with E-state index in [2.05, 4.69) is 21.7 Å². The predicted molar refractivity (Wildman–Crippen MR) is 99.0 cm³/mol. The molecule has 0 saturated carbocycles. The number of piperidine rings is 1. The smallest absolute Gasteiger partial charge is 0.235 e. The molecule has 1 aliphatic heterocycles. The molecule has 1 aromatic rings. The maximum absolute atomic E-state index is 12.3. The minimum absolute atomic E-state index is 0.0235. The third-order valence-electron chi connectivity index (χ3n) is 5.03. The molecular formula is C19H27N5O2. The number of nitriles is 1. The zero-order valence-corrected chi connectivity index (χ0v) is 15.7. The molecule has 2 N–H and O–H groups in total. The van der Waals surface area contributed by atoms with Gasteiger partial charge in [0.05, 0.1) is 12.6 Å². The van der Waals surface area contributed by atoms with Crippen LogP contribution in [0.25, 0.3) is 0 Å². The summed E-state index contributed by atoms with van der Waals surface area (Å²) in [5, 5.41) is 15.0. The summed E-state index contributed by atoms with van der Waals surface area (Å²) in [5.74, 6) is 0.335. The van der Waals surface area contributed by atoms with Crippen molar-refractivity contribution in [3.63, 3.8) is 0 Å². The molecule has 1 atom stereocenters. The van der Waals surface area contributed by atoms with Gasteiger partial charge in [0.25, 0.3) is 0 Å². The van der Waals surface area contributed by atoms with Crippen molar-refractivity contribution in [3.05, 3.63) is 24.4 Å². The van der Waals surface area contributed by atoms with Crippen LogP contribution < -0.4 is 10.6 Å². The Bertz CT molecular complexity index is 662. The van der Waals surface area contributed by atoms with Gasteiger partial charge in [-0.25, -0.2) is 4.98 Å². The number of carbonyl (C=O) groups excluding carboxylic acids is 2. The zero-order chi connectivity index (χ0) is 19.2. The van der Waals surface area contributed by atoms with E-state index in [-0.39, 0.29) is 30.2 Å². The molecule has 0 aliphatic carbocycles. The van der Waals surface area contributed by atoms with Crippen LogP contribution in [-0.2, 0) is 9.59 Å². The van der Waals surface area contributed by atoms with Crippen LogP contribution in [0.2, 0.25) is 0 Å². The van der Waals surface area contributed by atoms with Crippen molar-refractivity contribution in [3.8, 4) is 6.07 Å². The molecule has 26 heavy (non-hydrogen) atoms. The van der Waals surface area contributed by atoms with E-state index in [1.807, 2.05) is 24.8 Å². The first kappa shape index (κ1) is 19.9. The highest BCUT2D eigenvalue weighted by Crippen LogP contribution is 2.19. The predicted octanol–water partition coefficient (Wildman–Crippen LogP) is 1.79. The van der Waals surface area contributed by atoms with Gasteiger partial charge in [-0.15, -0.1) is 0 Å². The van der Waals surface area contributed by atoms with Crippen LogP contribution in [0.1, 0.15) is 33.6 Å². The number of aromatic nitrogens is 1. The number of carbonyl (C=O) groups is 2. The van der Waals surface area contributed by atoms with E-state index in [0.29, 0.717) is 31.7 Å². The first-order chi connectivity index (χ1) is 12.3. The number of hydrogen-bond donors (Lipinski definition) is 2. The highest BCUT2D eigenvalue weighted by atomic mass is 16.2. The van der Waals surface area contributed by atoms with Gasteiger partial charge in [0, 0.05) is 12.1 Å². The molecule has 1 saturated heterocycles. The lowest BCUT2D eigenvalue weighted by Crippen LogP contribution is -2.52. The summed E-state index contributed by atoms with van der Waals surface area (Å²) >= 11 is 0. The van der Waals surface area contributed by atoms with Crippen LogP contribution >= 0.6 is 0 Å². The normalized spacial score (nSPS) is 18.0. The first-order valence-electron chi connectivity index (χ1n) is 9.00. The summed E-state index contributed by atoms with van der Waals surface area (Å²) in [6.07, 6.45) is 3.04. The second kappa shape index (κ2) is 8.77. The van der Waals surface area contributed by atoms with E-state index in [0.717, 1.165) is 0 Å². The number of nitrogens with zero attached hydrogens (tertiary/aromatic N) is 3. The number of pyridine rings is 1. The second-order valence-electron chi connectivity index (χ2n) is 7.27. The Morgan fingerprint density at radius 2 is 2.08 bits per heavy atom. The fourth-order valence-corrected chi connectivity index (χ4v) is 2.85. The van der Waals surface area contributed by atoms with Crippen LogP contribution in [0.5, 0.6) is 0 Å². The topological polar surface area (TPSA) is 98.1 Å². The van der Waals surface area contributed by atoms with Crippen molar-refractivity contribution in [1.29, 1.82) is 5.26 Å². The van der Waals surface area contributed by atoms with Gasteiger partial charge >= 0.3 is 0 Å². The molecule has 1 aliphatic rings. The highest BCUT2D eigenvalue weighted by Gasteiger charge is 2.31. The van der Waals surface area contributed by atoms with Gasteiger partial charge in [-0.2, -0.15) is 5.26 Å². The van der Waals surface area contributed by atoms with E-state index in [1.165, 1.54) is 0 Å². The van der Waals surface area contributed by atoms with Gasteiger partial charge in [0.2, 0.25) is 11.8 Å². The van der Waals surface area contributed by atoms with Crippen molar-refractivity contribution in [2.24, 2.45) is 11.8 Å². The maximum Gasteiger partial charge on any atom is 0.235 e. The van der Waals surface area contributed by atoms with Crippen LogP contribution in [-0.4, -0.2) is 46.9 Å². The number of nitrogens with one attached hydrogen (secondary N) is 2. The van der Waals surface area contributed by atoms with Gasteiger partial charge in [0.15, 0.2) is 0 Å². The zero-order valence-electron chi connectivity index (χ0n) is 15.7. The van der Waals surface area contributed by atoms with Gasteiger partial charge < -0.3 is 10.6 Å². The highest BCUT2D eigenvalue weighted by molar-refractivity contribution is 5.91. The molecule has 2 rings (SSSR count). The Labute approximate surface area is 154 Å². The van der Waals surface area contributed by atoms with Crippen molar-refractivity contribution >= 4 is 17.6 Å². The quantitative estimate of drug-likeness (QED) is 0.809. The van der Waals surface area contributed by atoms with Gasteiger partial charge in [-0.05, 0) is 50.9 Å². The maximum atomic E-state index is 12.3. The van der Waals surface area contributed by atoms with Gasteiger partial charge in [-0.1, -0.05) is 19.9 Å². The van der Waals surface area contributed by atoms with E-state index in [9.17, 15) is 14.9 Å². The lowest BCUT2D eigenvalue weighted by Gasteiger charge is -2.32. The number of likely N-dealkylation sites (tertiary alicyclic amines) is 1. The molecule has 7 nitrogen and oxygen atoms in total. The standard InChI is InChI=1S/C19H27N5O2/c1-14(2)19(3,13-20)23-17(25)12-24-10-7-15(8-11-24)18(26)22-16-6-4-5-9-21-16/h4-6,9,14-15H,7-8,10-12H2,1-3H3,(H,23,25)(H,21,22,26). The van der Waals surface area contributed by atoms with Crippen LogP contribution in [0, 0.1) is 23.2 Å². The molecule has 2 amide bonds. The summed E-state index contributed by atoms with van der Waals surface area (Å²) in [6, 6.07) is 7.57. The SMILES string of the molecule is CC(C)C(C)(C#N)NC(=O)CN1CCC(C(=O)Nc2ccccn2)CC1. The molecule has 1 unspecified atom stereocenters. The Hall–Kier alpha value is -2.46. The van der Waals surface area contributed by atoms with Crippen molar-refractivity contribution in [2.45, 2.75) is 39.2 Å². The van der Waals surface area contributed by atoms with Crippen molar-refractivity contribution in [2.75, 3.05) is 25.0 Å². The Kier molecular flexibility index (Phi) is 6.70. The van der Waals surface area contributed by atoms with Crippen LogP contribution in [0.4, 0.5) is 5.82 Å². The average Bonchev–Trinajstić information content (AvgIpc) is 2.62. The average molecular weight is 357 g/mol. The third kappa shape index (κ3) is 5.27. The number of rotatable bonds is 6. The van der Waals surface area contributed by atoms with Crippen molar-refractivity contribution in [1.82, 2.24) is 15.2 Å². The largest absolute Gasteiger partial charge is 0.337 e. The molecule has 0 spiro atoms. The molecule has 1 aromatic heterocycles. The number of hydrogen-bond acceptors (Lipinski definition) is 5. The Balaban J connectivity index is 1.78. The van der Waals surface area contributed by atoms with Gasteiger partial charge in [-0.3, -0.25) is 14.5 Å². The molecule has 1 fully saturated rings. The summed E-state index contributed by atoms with van der Waals surface area (Å²) in [7, 11) is 0. The van der Waals surface area contributed by atoms with Crippen LogP contribution in [0.3, 0.4) is 0 Å². The second-order valence-corrected chi connectivity index (χ2v) is 7.27. The molecule has 140 valence electrons. The molecular weight excluding hydrogens is 330 g/mol. The van der Waals surface area contributed by atoms with E-state index >= 15 is 0 Å². The molecule has 2 heterocycles. The van der Waals surface area contributed by atoms with E-state index in [1.54, 1.807) is 25.3 Å². The number of anilines is 1. The first-order valence-corrected chi connectivity index (χ1v) is 9.00. The summed E-state index contributed by atoms with van der Waals surface area (Å²) in [6.45, 7) is 7.17. The Morgan fingerprint density at radius 1 is 1.38 bits per heavy atom. The minimum atomic E-state index is -0.863. The summed E-state index contributed by atoms with van der Waals surface area (Å²) in [4.78, 5) is 30.7. The Morgan fingerprint density at radius 3 is 2.62 bits per heavy atom. The lowest BCUT2D eigenvalue weighted by molar-refractivity contribution is -0.124. The molecule has 0 bridgehead atoms. The van der Waals surface area contributed by atoms with Gasteiger partial charge in [0.1, 0.15) is 11.4 Å². The number of amides is 2. The van der Waals surface area contributed by atoms with E-state index in [4.69, 9.17) is 0 Å². The minimum Gasteiger partial charge on any atom is -0.337 e. The summed E-state index contributed by atoms with van der Waals surface area (Å²) < 4.78 is 0. The van der Waals surface area contributed by atoms with Crippen LogP contribution in [0.15, 0.2) is 24.4 Å².